The maximum absolute atomic E-state index is 11.8. The van der Waals surface area contributed by atoms with Crippen LogP contribution in [0.2, 0.25) is 0 Å². The summed E-state index contributed by atoms with van der Waals surface area (Å²) >= 11 is 0. The van der Waals surface area contributed by atoms with Crippen LogP contribution in [-0.2, 0) is 10.0 Å². The fraction of sp³-hybridized carbons (Fsp3) is 0.333. The fourth-order valence-electron chi connectivity index (χ4n) is 1.33. The zero-order valence-corrected chi connectivity index (χ0v) is 9.31. The van der Waals surface area contributed by atoms with Crippen LogP contribution in [-0.4, -0.2) is 31.6 Å². The molecule has 1 aliphatic rings. The van der Waals surface area contributed by atoms with Gasteiger partial charge in [0.05, 0.1) is 4.90 Å². The van der Waals surface area contributed by atoms with E-state index < -0.39 is 17.1 Å². The summed E-state index contributed by atoms with van der Waals surface area (Å²) in [5, 5.41) is 17.9. The topological polar surface area (TPSA) is 86.6 Å². The minimum Gasteiger partial charge on any atom is -0.423 e. The van der Waals surface area contributed by atoms with Gasteiger partial charge in [0.25, 0.3) is 0 Å². The normalized spacial score (nSPS) is 16.1. The third-order valence-corrected chi connectivity index (χ3v) is 3.88. The van der Waals surface area contributed by atoms with Crippen molar-refractivity contribution in [1.82, 2.24) is 4.72 Å². The molecular formula is C9H12BNO4S. The molecule has 0 heterocycles. The highest BCUT2D eigenvalue weighted by Crippen LogP contribution is 2.21. The van der Waals surface area contributed by atoms with Crippen LogP contribution in [0.5, 0.6) is 0 Å². The van der Waals surface area contributed by atoms with Crippen LogP contribution in [0.25, 0.3) is 0 Å². The summed E-state index contributed by atoms with van der Waals surface area (Å²) in [6, 6.07) is 5.66. The van der Waals surface area contributed by atoms with Gasteiger partial charge in [-0.15, -0.1) is 0 Å². The molecule has 16 heavy (non-hydrogen) atoms. The lowest BCUT2D eigenvalue weighted by molar-refractivity contribution is 0.425. The SMILES string of the molecule is O=S(=O)(NC1CC1)c1cccc(B(O)O)c1. The van der Waals surface area contributed by atoms with Crippen LogP contribution in [0.15, 0.2) is 29.2 Å². The summed E-state index contributed by atoms with van der Waals surface area (Å²) in [7, 11) is -5.18. The Morgan fingerprint density at radius 2 is 2.00 bits per heavy atom. The average molecular weight is 241 g/mol. The molecule has 0 aliphatic heterocycles. The monoisotopic (exact) mass is 241 g/mol. The Bertz CT molecular complexity index is 484. The van der Waals surface area contributed by atoms with E-state index in [4.69, 9.17) is 10.0 Å². The summed E-state index contributed by atoms with van der Waals surface area (Å²) in [5.41, 5.74) is 0.165. The van der Waals surface area contributed by atoms with Crippen molar-refractivity contribution in [3.8, 4) is 0 Å². The lowest BCUT2D eigenvalue weighted by Crippen LogP contribution is -2.32. The van der Waals surface area contributed by atoms with Crippen molar-refractivity contribution >= 4 is 22.6 Å². The Kier molecular flexibility index (Phi) is 3.03. The number of benzene rings is 1. The van der Waals surface area contributed by atoms with Crippen LogP contribution in [0, 0.1) is 0 Å². The summed E-state index contributed by atoms with van der Waals surface area (Å²) in [5.74, 6) is 0. The largest absolute Gasteiger partial charge is 0.488 e. The standard InChI is InChI=1S/C9H12BNO4S/c12-10(13)7-2-1-3-9(6-7)16(14,15)11-8-4-5-8/h1-3,6,8,11-13H,4-5H2. The van der Waals surface area contributed by atoms with Crippen LogP contribution >= 0.6 is 0 Å². The fourth-order valence-corrected chi connectivity index (χ4v) is 2.69. The van der Waals surface area contributed by atoms with Gasteiger partial charge in [-0.1, -0.05) is 12.1 Å². The highest BCUT2D eigenvalue weighted by Gasteiger charge is 2.28. The van der Waals surface area contributed by atoms with Crippen molar-refractivity contribution in [2.75, 3.05) is 0 Å². The minimum absolute atomic E-state index is 0.0349. The maximum atomic E-state index is 11.8. The van der Waals surface area contributed by atoms with E-state index in [-0.39, 0.29) is 16.4 Å². The van der Waals surface area contributed by atoms with Crippen LogP contribution in [0.1, 0.15) is 12.8 Å². The molecule has 0 radical (unpaired) electrons. The molecule has 0 bridgehead atoms. The lowest BCUT2D eigenvalue weighted by atomic mass is 9.81. The van der Waals surface area contributed by atoms with E-state index in [1.165, 1.54) is 24.3 Å². The van der Waals surface area contributed by atoms with Gasteiger partial charge >= 0.3 is 7.12 Å². The zero-order chi connectivity index (χ0) is 11.8. The first-order valence-corrected chi connectivity index (χ1v) is 6.46. The van der Waals surface area contributed by atoms with Crippen molar-refractivity contribution in [2.45, 2.75) is 23.8 Å². The number of sulfonamides is 1. The molecule has 1 aliphatic carbocycles. The summed E-state index contributed by atoms with van der Waals surface area (Å²) in [4.78, 5) is 0.0602. The van der Waals surface area contributed by atoms with Gasteiger partial charge < -0.3 is 10.0 Å². The molecule has 86 valence electrons. The Morgan fingerprint density at radius 3 is 2.56 bits per heavy atom. The van der Waals surface area contributed by atoms with Gasteiger partial charge in [0.1, 0.15) is 0 Å². The van der Waals surface area contributed by atoms with Crippen molar-refractivity contribution in [3.63, 3.8) is 0 Å². The second-order valence-corrected chi connectivity index (χ2v) is 5.56. The zero-order valence-electron chi connectivity index (χ0n) is 8.50. The number of nitrogens with one attached hydrogen (secondary N) is 1. The molecular weight excluding hydrogens is 229 g/mol. The number of hydrogen-bond acceptors (Lipinski definition) is 4. The molecule has 0 unspecified atom stereocenters. The second-order valence-electron chi connectivity index (χ2n) is 3.84. The average Bonchev–Trinajstić information content (AvgIpc) is 3.01. The van der Waals surface area contributed by atoms with Gasteiger partial charge in [0.2, 0.25) is 10.0 Å². The van der Waals surface area contributed by atoms with Crippen molar-refractivity contribution in [1.29, 1.82) is 0 Å². The molecule has 0 atom stereocenters. The molecule has 1 aromatic carbocycles. The van der Waals surface area contributed by atoms with Crippen molar-refractivity contribution in [2.24, 2.45) is 0 Å². The number of hydrogen-bond donors (Lipinski definition) is 3. The Labute approximate surface area is 94.3 Å². The smallest absolute Gasteiger partial charge is 0.423 e. The molecule has 2 rings (SSSR count). The van der Waals surface area contributed by atoms with E-state index in [1.54, 1.807) is 0 Å². The van der Waals surface area contributed by atoms with Crippen molar-refractivity contribution in [3.05, 3.63) is 24.3 Å². The lowest BCUT2D eigenvalue weighted by Gasteiger charge is -2.06. The molecule has 7 heteroatoms. The Balaban J connectivity index is 2.28. The third kappa shape index (κ3) is 2.62. The molecule has 1 aromatic rings. The highest BCUT2D eigenvalue weighted by atomic mass is 32.2. The van der Waals surface area contributed by atoms with E-state index in [1.807, 2.05) is 0 Å². The molecule has 0 amide bonds. The van der Waals surface area contributed by atoms with Gasteiger partial charge in [0.15, 0.2) is 0 Å². The van der Waals surface area contributed by atoms with Crippen LogP contribution < -0.4 is 10.2 Å². The van der Waals surface area contributed by atoms with Gasteiger partial charge in [-0.3, -0.25) is 0 Å². The first kappa shape index (κ1) is 11.6. The molecule has 0 saturated heterocycles. The quantitative estimate of drug-likeness (QED) is 0.578. The Morgan fingerprint density at radius 1 is 1.31 bits per heavy atom. The Hall–Kier alpha value is -0.885. The summed E-state index contributed by atoms with van der Waals surface area (Å²) in [6.45, 7) is 0. The van der Waals surface area contributed by atoms with E-state index in [2.05, 4.69) is 4.72 Å². The maximum Gasteiger partial charge on any atom is 0.488 e. The van der Waals surface area contributed by atoms with Gasteiger partial charge in [-0.2, -0.15) is 0 Å². The summed E-state index contributed by atoms with van der Waals surface area (Å²) < 4.78 is 26.1. The van der Waals surface area contributed by atoms with Gasteiger partial charge in [-0.05, 0) is 30.4 Å². The molecule has 0 spiro atoms. The molecule has 1 fully saturated rings. The predicted octanol–water partition coefficient (Wildman–Crippen LogP) is -1.19. The van der Waals surface area contributed by atoms with E-state index in [9.17, 15) is 8.42 Å². The molecule has 3 N–H and O–H groups in total. The second kappa shape index (κ2) is 4.17. The van der Waals surface area contributed by atoms with Crippen LogP contribution in [0.4, 0.5) is 0 Å². The van der Waals surface area contributed by atoms with Gasteiger partial charge in [0, 0.05) is 6.04 Å². The van der Waals surface area contributed by atoms with Crippen LogP contribution in [0.3, 0.4) is 0 Å². The molecule has 5 nitrogen and oxygen atoms in total. The summed E-state index contributed by atoms with van der Waals surface area (Å²) in [6.07, 6.45) is 1.73. The highest BCUT2D eigenvalue weighted by molar-refractivity contribution is 7.89. The first-order chi connectivity index (χ1) is 7.49. The van der Waals surface area contributed by atoms with E-state index in [0.29, 0.717) is 0 Å². The molecule has 0 aromatic heterocycles. The molecule has 1 saturated carbocycles. The van der Waals surface area contributed by atoms with E-state index >= 15 is 0 Å². The minimum atomic E-state index is -3.53. The predicted molar refractivity (Wildman–Crippen MR) is 59.6 cm³/mol. The first-order valence-electron chi connectivity index (χ1n) is 4.97. The van der Waals surface area contributed by atoms with Gasteiger partial charge in [-0.25, -0.2) is 13.1 Å². The number of rotatable bonds is 4. The van der Waals surface area contributed by atoms with Crippen molar-refractivity contribution < 1.29 is 18.5 Å². The van der Waals surface area contributed by atoms with E-state index in [0.717, 1.165) is 12.8 Å². The third-order valence-electron chi connectivity index (χ3n) is 2.37.